The van der Waals surface area contributed by atoms with Gasteiger partial charge in [-0.2, -0.15) is 5.26 Å². The highest BCUT2D eigenvalue weighted by Crippen LogP contribution is 2.54. The molecule has 0 spiro atoms. The minimum Gasteiger partial charge on any atom is -0.208 e. The van der Waals surface area contributed by atoms with Crippen LogP contribution in [-0.2, 0) is 5.41 Å². The summed E-state index contributed by atoms with van der Waals surface area (Å²) >= 11 is 0. The predicted octanol–water partition coefficient (Wildman–Crippen LogP) is 12.2. The van der Waals surface area contributed by atoms with Crippen molar-refractivity contribution in [3.8, 4) is 51.4 Å². The second kappa shape index (κ2) is 13.1. The van der Waals surface area contributed by atoms with Crippen molar-refractivity contribution >= 4 is 21.5 Å². The van der Waals surface area contributed by atoms with Crippen molar-refractivity contribution in [3.05, 3.63) is 139 Å². The molecule has 6 aromatic carbocycles. The Kier molecular flexibility index (Phi) is 8.16. The molecule has 0 radical (unpaired) electrons. The Hall–Kier alpha value is -5.66. The molecule has 254 valence electrons. The minimum atomic E-state index is 0.283. The summed E-state index contributed by atoms with van der Waals surface area (Å²) in [6.07, 6.45) is 7.99. The van der Waals surface area contributed by atoms with Gasteiger partial charge < -0.3 is 0 Å². The Morgan fingerprint density at radius 1 is 0.615 bits per heavy atom. The molecule has 1 unspecified atom stereocenters. The Morgan fingerprint density at radius 2 is 1.31 bits per heavy atom. The number of benzene rings is 6. The Labute approximate surface area is 306 Å². The van der Waals surface area contributed by atoms with Crippen molar-refractivity contribution in [1.29, 1.82) is 5.26 Å². The second-order valence-electron chi connectivity index (χ2n) is 15.5. The van der Waals surface area contributed by atoms with E-state index >= 15 is 0 Å². The first kappa shape index (κ1) is 32.3. The molecule has 0 amide bonds. The number of aromatic nitrogens is 3. The average molecular weight is 675 g/mol. The summed E-state index contributed by atoms with van der Waals surface area (Å²) in [7, 11) is 0. The molecule has 7 aromatic rings. The fourth-order valence-electron chi connectivity index (χ4n) is 9.71. The molecule has 4 heteroatoms. The van der Waals surface area contributed by atoms with Gasteiger partial charge in [-0.25, -0.2) is 15.0 Å². The van der Waals surface area contributed by atoms with Crippen molar-refractivity contribution in [2.45, 2.75) is 57.8 Å². The molecule has 2 saturated carbocycles. The average Bonchev–Trinajstić information content (AvgIpc) is 3.20. The van der Waals surface area contributed by atoms with E-state index in [1.165, 1.54) is 44.1 Å². The summed E-state index contributed by atoms with van der Waals surface area (Å²) in [6.45, 7) is 4.84. The van der Waals surface area contributed by atoms with Crippen LogP contribution < -0.4 is 0 Å². The second-order valence-corrected chi connectivity index (χ2v) is 15.5. The molecule has 1 aromatic heterocycles. The maximum Gasteiger partial charge on any atom is 0.164 e. The zero-order valence-corrected chi connectivity index (χ0v) is 29.9. The van der Waals surface area contributed by atoms with Crippen molar-refractivity contribution in [2.75, 3.05) is 0 Å². The molecule has 0 N–H and O–H groups in total. The molecule has 2 fully saturated rings. The molecule has 4 nitrogen and oxygen atoms in total. The zero-order chi connectivity index (χ0) is 35.2. The molecule has 0 aliphatic heterocycles. The Bertz CT molecular complexity index is 2470. The van der Waals surface area contributed by atoms with Crippen molar-refractivity contribution in [1.82, 2.24) is 15.0 Å². The summed E-state index contributed by atoms with van der Waals surface area (Å²) in [5.74, 6) is 4.46. The van der Waals surface area contributed by atoms with Crippen LogP contribution in [0.1, 0.15) is 63.5 Å². The fourth-order valence-corrected chi connectivity index (χ4v) is 9.71. The molecule has 9 rings (SSSR count). The summed E-state index contributed by atoms with van der Waals surface area (Å²) < 4.78 is 0. The van der Waals surface area contributed by atoms with Gasteiger partial charge in [-0.05, 0) is 112 Å². The monoisotopic (exact) mass is 674 g/mol. The highest BCUT2D eigenvalue weighted by molar-refractivity contribution is 6.12. The smallest absolute Gasteiger partial charge is 0.164 e. The highest BCUT2D eigenvalue weighted by atomic mass is 15.0. The van der Waals surface area contributed by atoms with Gasteiger partial charge in [-0.15, -0.1) is 0 Å². The first-order valence-electron chi connectivity index (χ1n) is 18.9. The minimum absolute atomic E-state index is 0.283. The van der Waals surface area contributed by atoms with E-state index in [9.17, 15) is 5.26 Å². The number of nitrogens with zero attached hydrogens (tertiary/aromatic N) is 4. The molecular formula is C48H42N4. The van der Waals surface area contributed by atoms with Crippen LogP contribution in [0, 0.1) is 29.1 Å². The van der Waals surface area contributed by atoms with Gasteiger partial charge in [-0.3, -0.25) is 0 Å². The SMILES string of the molecule is CC[C@@H]1C[C@@H]2C[C@H](C)CC(c3ccc(-c4nc(-c5ccccc5)nc(-c5cccc(-c6cccc7c6ccc6ccc(C#N)cc67)c5)n4)cc3)(C1)C2. The summed E-state index contributed by atoms with van der Waals surface area (Å²) in [5.41, 5.74) is 7.57. The lowest BCUT2D eigenvalue weighted by Gasteiger charge is -2.51. The molecule has 2 bridgehead atoms. The quantitative estimate of drug-likeness (QED) is 0.165. The van der Waals surface area contributed by atoms with Crippen LogP contribution in [0.25, 0.3) is 66.8 Å². The van der Waals surface area contributed by atoms with Crippen LogP contribution in [-0.4, -0.2) is 15.0 Å². The first-order valence-corrected chi connectivity index (χ1v) is 18.9. The van der Waals surface area contributed by atoms with Crippen LogP contribution >= 0.6 is 0 Å². The van der Waals surface area contributed by atoms with Gasteiger partial charge in [0.2, 0.25) is 0 Å². The van der Waals surface area contributed by atoms with E-state index in [2.05, 4.69) is 111 Å². The van der Waals surface area contributed by atoms with Crippen LogP contribution in [0.5, 0.6) is 0 Å². The van der Waals surface area contributed by atoms with E-state index in [-0.39, 0.29) is 5.41 Å². The fraction of sp³-hybridized carbons (Fsp3) is 0.250. The Morgan fingerprint density at radius 3 is 2.08 bits per heavy atom. The maximum absolute atomic E-state index is 9.58. The number of hydrogen-bond donors (Lipinski definition) is 0. The number of rotatable bonds is 6. The van der Waals surface area contributed by atoms with Gasteiger partial charge in [0, 0.05) is 16.7 Å². The van der Waals surface area contributed by atoms with E-state index in [1.807, 2.05) is 36.4 Å². The molecule has 0 saturated heterocycles. The third kappa shape index (κ3) is 5.85. The molecule has 2 aliphatic rings. The summed E-state index contributed by atoms with van der Waals surface area (Å²) in [4.78, 5) is 15.3. The third-order valence-electron chi connectivity index (χ3n) is 11.9. The molecule has 2 aliphatic carbocycles. The standard InChI is InChI=1S/C48H42N4/c1-3-32-24-34-23-31(2)27-48(28-32,29-34)40-20-17-37(18-21-40)46-50-45(36-9-5-4-6-10-36)51-47(52-46)39-12-7-11-38(26-39)41-13-8-14-42-43(41)22-19-35-16-15-33(30-49)25-44(35)42/h4-22,25-26,31-32,34H,3,23-24,27-29H2,1-2H3/t31-,32+,34-,48?/m0/s1. The lowest BCUT2D eigenvalue weighted by Crippen LogP contribution is -2.42. The summed E-state index contributed by atoms with van der Waals surface area (Å²) in [6, 6.07) is 46.9. The van der Waals surface area contributed by atoms with Gasteiger partial charge in [-0.1, -0.05) is 129 Å². The lowest BCUT2D eigenvalue weighted by atomic mass is 9.54. The van der Waals surface area contributed by atoms with Gasteiger partial charge in [0.15, 0.2) is 17.5 Å². The van der Waals surface area contributed by atoms with Crippen molar-refractivity contribution in [3.63, 3.8) is 0 Å². The lowest BCUT2D eigenvalue weighted by molar-refractivity contribution is 0.0702. The van der Waals surface area contributed by atoms with Gasteiger partial charge >= 0.3 is 0 Å². The maximum atomic E-state index is 9.58. The molecule has 4 atom stereocenters. The Balaban J connectivity index is 1.12. The largest absolute Gasteiger partial charge is 0.208 e. The number of fused-ring (bicyclic) bond motifs is 5. The van der Waals surface area contributed by atoms with Crippen molar-refractivity contribution < 1.29 is 0 Å². The van der Waals surface area contributed by atoms with Crippen LogP contribution in [0.4, 0.5) is 0 Å². The van der Waals surface area contributed by atoms with Gasteiger partial charge in [0.25, 0.3) is 0 Å². The van der Waals surface area contributed by atoms with Crippen molar-refractivity contribution in [2.24, 2.45) is 17.8 Å². The molecule has 1 heterocycles. The summed E-state index contributed by atoms with van der Waals surface area (Å²) in [5, 5.41) is 14.1. The van der Waals surface area contributed by atoms with Crippen LogP contribution in [0.3, 0.4) is 0 Å². The van der Waals surface area contributed by atoms with Crippen LogP contribution in [0.15, 0.2) is 127 Å². The number of hydrogen-bond acceptors (Lipinski definition) is 4. The normalized spacial score (nSPS) is 21.2. The van der Waals surface area contributed by atoms with Gasteiger partial charge in [0.05, 0.1) is 11.6 Å². The molecular weight excluding hydrogens is 633 g/mol. The van der Waals surface area contributed by atoms with E-state index in [0.29, 0.717) is 23.0 Å². The topological polar surface area (TPSA) is 62.5 Å². The van der Waals surface area contributed by atoms with E-state index in [0.717, 1.165) is 67.1 Å². The van der Waals surface area contributed by atoms with E-state index < -0.39 is 0 Å². The molecule has 52 heavy (non-hydrogen) atoms. The van der Waals surface area contributed by atoms with E-state index in [1.54, 1.807) is 0 Å². The predicted molar refractivity (Wildman–Crippen MR) is 212 cm³/mol. The first-order chi connectivity index (χ1) is 25.5. The third-order valence-corrected chi connectivity index (χ3v) is 11.9. The van der Waals surface area contributed by atoms with Gasteiger partial charge in [0.1, 0.15) is 0 Å². The van der Waals surface area contributed by atoms with Crippen LogP contribution in [0.2, 0.25) is 0 Å². The highest BCUT2D eigenvalue weighted by Gasteiger charge is 2.45. The number of nitriles is 1. The zero-order valence-electron chi connectivity index (χ0n) is 29.9. The van der Waals surface area contributed by atoms with E-state index in [4.69, 9.17) is 15.0 Å².